The number of carbonyl (C=O) groups is 2. The highest BCUT2D eigenvalue weighted by molar-refractivity contribution is 7.45. The van der Waals surface area contributed by atoms with Gasteiger partial charge in [-0.2, -0.15) is 0 Å². The van der Waals surface area contributed by atoms with Gasteiger partial charge in [0, 0.05) is 12.8 Å². The molecular formula is C64H118NO8P. The van der Waals surface area contributed by atoms with Gasteiger partial charge < -0.3 is 27.9 Å². The molecule has 0 aromatic heterocycles. The van der Waals surface area contributed by atoms with E-state index in [1.165, 1.54) is 180 Å². The van der Waals surface area contributed by atoms with Gasteiger partial charge in [-0.3, -0.25) is 14.2 Å². The summed E-state index contributed by atoms with van der Waals surface area (Å²) in [4.78, 5) is 37.9. The number of rotatable bonds is 57. The van der Waals surface area contributed by atoms with E-state index < -0.39 is 26.5 Å². The number of hydrogen-bond donors (Lipinski definition) is 0. The van der Waals surface area contributed by atoms with E-state index in [1.54, 1.807) is 0 Å². The number of nitrogens with zero attached hydrogens (tertiary/aromatic N) is 1. The van der Waals surface area contributed by atoms with Crippen LogP contribution in [0.25, 0.3) is 0 Å². The number of unbranched alkanes of at least 4 members (excludes halogenated alkanes) is 33. The Hall–Kier alpha value is -2.29. The zero-order valence-corrected chi connectivity index (χ0v) is 49.9. The third-order valence-electron chi connectivity index (χ3n) is 13.6. The zero-order valence-electron chi connectivity index (χ0n) is 49.0. The van der Waals surface area contributed by atoms with Crippen LogP contribution in [-0.4, -0.2) is 70.0 Å². The van der Waals surface area contributed by atoms with Crippen molar-refractivity contribution in [1.82, 2.24) is 0 Å². The van der Waals surface area contributed by atoms with Crippen molar-refractivity contribution >= 4 is 19.8 Å². The van der Waals surface area contributed by atoms with Crippen molar-refractivity contribution in [2.45, 2.75) is 290 Å². The largest absolute Gasteiger partial charge is 0.756 e. The molecule has 74 heavy (non-hydrogen) atoms. The molecule has 0 aliphatic heterocycles. The van der Waals surface area contributed by atoms with Crippen molar-refractivity contribution < 1.29 is 42.1 Å². The van der Waals surface area contributed by atoms with E-state index in [9.17, 15) is 19.0 Å². The van der Waals surface area contributed by atoms with Gasteiger partial charge in [0.25, 0.3) is 7.82 Å². The quantitative estimate of drug-likeness (QED) is 0.0195. The third-order valence-corrected chi connectivity index (χ3v) is 14.5. The first-order valence-corrected chi connectivity index (χ1v) is 32.5. The van der Waals surface area contributed by atoms with Crippen LogP contribution in [0.3, 0.4) is 0 Å². The number of phosphoric acid groups is 1. The highest BCUT2D eigenvalue weighted by atomic mass is 31.2. The van der Waals surface area contributed by atoms with Gasteiger partial charge in [-0.05, 0) is 57.8 Å². The molecule has 9 nitrogen and oxygen atoms in total. The van der Waals surface area contributed by atoms with Gasteiger partial charge >= 0.3 is 11.9 Å². The summed E-state index contributed by atoms with van der Waals surface area (Å²) in [5.41, 5.74) is 0. The average Bonchev–Trinajstić information content (AvgIpc) is 3.36. The minimum Gasteiger partial charge on any atom is -0.756 e. The topological polar surface area (TPSA) is 111 Å². The van der Waals surface area contributed by atoms with Gasteiger partial charge in [0.05, 0.1) is 27.7 Å². The second-order valence-corrected chi connectivity index (χ2v) is 23.5. The van der Waals surface area contributed by atoms with E-state index in [4.69, 9.17) is 18.5 Å². The average molecular weight is 1060 g/mol. The van der Waals surface area contributed by atoms with Crippen LogP contribution in [0.1, 0.15) is 284 Å². The normalized spacial score (nSPS) is 13.6. The maximum Gasteiger partial charge on any atom is 0.306 e. The fourth-order valence-corrected chi connectivity index (χ4v) is 9.53. The molecule has 0 bridgehead atoms. The van der Waals surface area contributed by atoms with Crippen molar-refractivity contribution in [1.29, 1.82) is 0 Å². The summed E-state index contributed by atoms with van der Waals surface area (Å²) in [6.07, 6.45) is 71.3. The first-order chi connectivity index (χ1) is 36.0. The third kappa shape index (κ3) is 59.0. The monoisotopic (exact) mass is 1060 g/mol. The number of ether oxygens (including phenoxy) is 2. The van der Waals surface area contributed by atoms with E-state index in [0.29, 0.717) is 17.4 Å². The van der Waals surface area contributed by atoms with Crippen LogP contribution in [0.5, 0.6) is 0 Å². The predicted octanol–water partition coefficient (Wildman–Crippen LogP) is 18.9. The summed E-state index contributed by atoms with van der Waals surface area (Å²) < 4.78 is 34.2. The molecule has 0 aliphatic carbocycles. The molecule has 0 amide bonds. The molecule has 2 atom stereocenters. The van der Waals surface area contributed by atoms with Gasteiger partial charge in [0.15, 0.2) is 6.10 Å². The molecule has 0 N–H and O–H groups in total. The summed E-state index contributed by atoms with van der Waals surface area (Å²) >= 11 is 0. The Morgan fingerprint density at radius 2 is 0.770 bits per heavy atom. The Kier molecular flexibility index (Phi) is 53.7. The molecule has 0 heterocycles. The lowest BCUT2D eigenvalue weighted by Crippen LogP contribution is -2.37. The molecule has 432 valence electrons. The lowest BCUT2D eigenvalue weighted by Gasteiger charge is -2.28. The Balaban J connectivity index is 4.03. The molecule has 0 aromatic rings. The molecule has 0 aromatic carbocycles. The predicted molar refractivity (Wildman–Crippen MR) is 314 cm³/mol. The molecule has 0 saturated heterocycles. The van der Waals surface area contributed by atoms with Gasteiger partial charge in [-0.15, -0.1) is 0 Å². The molecule has 10 heteroatoms. The smallest absolute Gasteiger partial charge is 0.306 e. The first kappa shape index (κ1) is 71.7. The number of phosphoric ester groups is 1. The molecule has 0 fully saturated rings. The molecule has 0 spiro atoms. The number of carbonyl (C=O) groups excluding carboxylic acids is 2. The minimum absolute atomic E-state index is 0.0294. The van der Waals surface area contributed by atoms with Crippen LogP contribution in [0.15, 0.2) is 60.8 Å². The number of likely N-dealkylation sites (N-methyl/N-ethyl adjacent to an activating group) is 1. The highest BCUT2D eigenvalue weighted by Crippen LogP contribution is 2.38. The Bertz CT molecular complexity index is 1430. The molecule has 2 unspecified atom stereocenters. The highest BCUT2D eigenvalue weighted by Gasteiger charge is 2.22. The van der Waals surface area contributed by atoms with Crippen LogP contribution < -0.4 is 4.89 Å². The Morgan fingerprint density at radius 1 is 0.432 bits per heavy atom. The van der Waals surface area contributed by atoms with Crippen LogP contribution in [0.4, 0.5) is 0 Å². The number of quaternary nitrogens is 1. The van der Waals surface area contributed by atoms with Crippen molar-refractivity contribution in [3.8, 4) is 0 Å². The lowest BCUT2D eigenvalue weighted by molar-refractivity contribution is -0.870. The zero-order chi connectivity index (χ0) is 54.2. The fraction of sp³-hybridized carbons (Fsp3) is 0.812. The fourth-order valence-electron chi connectivity index (χ4n) is 8.80. The van der Waals surface area contributed by atoms with Gasteiger partial charge in [0.2, 0.25) is 0 Å². The van der Waals surface area contributed by atoms with E-state index >= 15 is 0 Å². The first-order valence-electron chi connectivity index (χ1n) is 31.0. The van der Waals surface area contributed by atoms with E-state index in [-0.39, 0.29) is 32.0 Å². The summed E-state index contributed by atoms with van der Waals surface area (Å²) in [5.74, 6) is -0.819. The molecular weight excluding hydrogens is 942 g/mol. The van der Waals surface area contributed by atoms with Gasteiger partial charge in [-0.1, -0.05) is 274 Å². The SMILES string of the molecule is CC/C=C\C/C=C\C/C=C\C/C=C\C/C=C\CCCCCCCCCCCCCCCCCCCC(=O)OC(COC(=O)CCCCCCCCCCCCCCCCCCC)COP(=O)([O-])OCC[N+](C)(C)C. The standard InChI is InChI=1S/C64H118NO8P/c1-6-8-10-12-14-16-18-20-22-24-25-26-27-28-29-30-31-32-33-34-35-36-37-38-39-41-43-45-47-49-51-53-55-57-64(67)73-62(61-72-74(68,69)71-59-58-65(3,4)5)60-70-63(66)56-54-52-50-48-46-44-42-40-23-21-19-17-15-13-11-9-7-2/h8,10,14,16,20,22,25-26,28-29,62H,6-7,9,11-13,15,17-19,21,23-24,27,30-61H2,1-5H3/b10-8-,16-14-,22-20-,26-25-,29-28-. The van der Waals surface area contributed by atoms with Gasteiger partial charge in [0.1, 0.15) is 19.8 Å². The summed E-state index contributed by atoms with van der Waals surface area (Å²) in [6, 6.07) is 0. The summed E-state index contributed by atoms with van der Waals surface area (Å²) in [6.45, 7) is 4.17. The number of allylic oxidation sites excluding steroid dienone is 10. The summed E-state index contributed by atoms with van der Waals surface area (Å²) in [5, 5.41) is 0. The molecule has 0 aliphatic rings. The lowest BCUT2D eigenvalue weighted by atomic mass is 10.0. The van der Waals surface area contributed by atoms with Crippen molar-refractivity contribution in [3.63, 3.8) is 0 Å². The Labute approximate surface area is 457 Å². The second kappa shape index (κ2) is 55.5. The molecule has 0 radical (unpaired) electrons. The maximum absolute atomic E-state index is 12.8. The number of hydrogen-bond acceptors (Lipinski definition) is 8. The van der Waals surface area contributed by atoms with Crippen LogP contribution in [-0.2, 0) is 32.7 Å². The summed E-state index contributed by atoms with van der Waals surface area (Å²) in [7, 11) is 1.18. The maximum atomic E-state index is 12.8. The van der Waals surface area contributed by atoms with Crippen LogP contribution in [0, 0.1) is 0 Å². The second-order valence-electron chi connectivity index (χ2n) is 22.0. The van der Waals surface area contributed by atoms with Crippen molar-refractivity contribution in [2.75, 3.05) is 47.5 Å². The van der Waals surface area contributed by atoms with Crippen molar-refractivity contribution in [2.24, 2.45) is 0 Å². The molecule has 0 saturated carbocycles. The van der Waals surface area contributed by atoms with Crippen LogP contribution >= 0.6 is 7.82 Å². The Morgan fingerprint density at radius 3 is 1.15 bits per heavy atom. The van der Waals surface area contributed by atoms with E-state index in [2.05, 4.69) is 74.6 Å². The molecule has 0 rings (SSSR count). The number of esters is 2. The van der Waals surface area contributed by atoms with E-state index in [0.717, 1.165) is 70.6 Å². The van der Waals surface area contributed by atoms with Crippen molar-refractivity contribution in [3.05, 3.63) is 60.8 Å². The minimum atomic E-state index is -4.63. The van der Waals surface area contributed by atoms with Gasteiger partial charge in [-0.25, -0.2) is 0 Å². The van der Waals surface area contributed by atoms with E-state index in [1.807, 2.05) is 21.1 Å². The van der Waals surface area contributed by atoms with Crippen LogP contribution in [0.2, 0.25) is 0 Å².